The van der Waals surface area contributed by atoms with Gasteiger partial charge in [0.05, 0.1) is 5.75 Å². The van der Waals surface area contributed by atoms with Gasteiger partial charge in [0.15, 0.2) is 0 Å². The van der Waals surface area contributed by atoms with Gasteiger partial charge in [0.1, 0.15) is 0 Å². The van der Waals surface area contributed by atoms with Gasteiger partial charge in [-0.3, -0.25) is 9.00 Å². The standard InChI is InChI=1S/C21H25NO3S2/c1-16-5-2-3-8-20(16)26-14-21(23)22-18-7-4-6-17(13-18)15-27(24)19-9-11-25-12-10-19/h2-8,13,19H,9-12,14-15H2,1H3,(H,22,23). The fraction of sp³-hybridized carbons (Fsp3) is 0.381. The number of carbonyl (C=O) groups excluding carboxylic acids is 1. The van der Waals surface area contributed by atoms with Crippen LogP contribution in [-0.2, 0) is 26.1 Å². The molecule has 1 saturated heterocycles. The second kappa shape index (κ2) is 10.1. The van der Waals surface area contributed by atoms with Crippen LogP contribution in [0.15, 0.2) is 53.4 Å². The van der Waals surface area contributed by atoms with Crippen molar-refractivity contribution in [3.05, 3.63) is 59.7 Å². The highest BCUT2D eigenvalue weighted by molar-refractivity contribution is 8.00. The topological polar surface area (TPSA) is 55.4 Å². The molecule has 1 fully saturated rings. The summed E-state index contributed by atoms with van der Waals surface area (Å²) in [5, 5.41) is 3.16. The molecule has 2 aromatic carbocycles. The zero-order valence-corrected chi connectivity index (χ0v) is 17.1. The van der Waals surface area contributed by atoms with Gasteiger partial charge < -0.3 is 10.1 Å². The number of ether oxygens (including phenoxy) is 1. The predicted octanol–water partition coefficient (Wildman–Crippen LogP) is 4.15. The molecule has 0 bridgehead atoms. The second-order valence-corrected chi connectivity index (χ2v) is 9.37. The number of anilines is 1. The Kier molecular flexibility index (Phi) is 7.50. The number of amides is 1. The van der Waals surface area contributed by atoms with E-state index in [1.807, 2.05) is 55.5 Å². The van der Waals surface area contributed by atoms with Crippen LogP contribution in [0.5, 0.6) is 0 Å². The van der Waals surface area contributed by atoms with E-state index in [1.54, 1.807) is 0 Å². The van der Waals surface area contributed by atoms with Crippen molar-refractivity contribution in [3.8, 4) is 0 Å². The fourth-order valence-corrected chi connectivity index (χ4v) is 5.31. The Morgan fingerprint density at radius 3 is 2.74 bits per heavy atom. The number of aryl methyl sites for hydroxylation is 1. The van der Waals surface area contributed by atoms with E-state index in [0.717, 1.165) is 29.0 Å². The average molecular weight is 404 g/mol. The van der Waals surface area contributed by atoms with Crippen molar-refractivity contribution in [2.45, 2.75) is 35.7 Å². The third-order valence-corrected chi connectivity index (χ3v) is 7.52. The van der Waals surface area contributed by atoms with Gasteiger partial charge >= 0.3 is 0 Å². The summed E-state index contributed by atoms with van der Waals surface area (Å²) in [7, 11) is -0.906. The lowest BCUT2D eigenvalue weighted by Gasteiger charge is -2.21. The quantitative estimate of drug-likeness (QED) is 0.706. The number of carbonyl (C=O) groups is 1. The molecule has 27 heavy (non-hydrogen) atoms. The maximum atomic E-state index is 12.6. The third kappa shape index (κ3) is 6.19. The first kappa shape index (κ1) is 20.1. The van der Waals surface area contributed by atoms with Gasteiger partial charge in [-0.15, -0.1) is 11.8 Å². The number of hydrogen-bond acceptors (Lipinski definition) is 4. The molecular formula is C21H25NO3S2. The van der Waals surface area contributed by atoms with Gasteiger partial charge in [0, 0.05) is 45.6 Å². The van der Waals surface area contributed by atoms with E-state index in [2.05, 4.69) is 5.32 Å². The SMILES string of the molecule is Cc1ccccc1SCC(=O)Nc1cccc(CS(=O)C2CCOCC2)c1. The number of thioether (sulfide) groups is 1. The molecule has 1 atom stereocenters. The van der Waals surface area contributed by atoms with Gasteiger partial charge in [-0.1, -0.05) is 30.3 Å². The summed E-state index contributed by atoms with van der Waals surface area (Å²) in [4.78, 5) is 13.4. The number of nitrogens with one attached hydrogen (secondary N) is 1. The molecule has 2 aromatic rings. The summed E-state index contributed by atoms with van der Waals surface area (Å²) in [5.41, 5.74) is 2.92. The van der Waals surface area contributed by atoms with Crippen molar-refractivity contribution in [2.24, 2.45) is 0 Å². The van der Waals surface area contributed by atoms with Crippen molar-refractivity contribution < 1.29 is 13.7 Å². The normalized spacial score (nSPS) is 16.0. The second-order valence-electron chi connectivity index (χ2n) is 6.64. The van der Waals surface area contributed by atoms with E-state index >= 15 is 0 Å². The van der Waals surface area contributed by atoms with E-state index in [1.165, 1.54) is 17.3 Å². The first-order valence-corrected chi connectivity index (χ1v) is 11.5. The molecule has 144 valence electrons. The zero-order chi connectivity index (χ0) is 19.1. The van der Waals surface area contributed by atoms with E-state index in [9.17, 15) is 9.00 Å². The zero-order valence-electron chi connectivity index (χ0n) is 15.5. The number of rotatable bonds is 7. The van der Waals surface area contributed by atoms with Gasteiger partial charge in [-0.2, -0.15) is 0 Å². The van der Waals surface area contributed by atoms with Crippen LogP contribution in [0.2, 0.25) is 0 Å². The van der Waals surface area contributed by atoms with Gasteiger partial charge in [0.25, 0.3) is 0 Å². The van der Waals surface area contributed by atoms with Crippen molar-refractivity contribution in [2.75, 3.05) is 24.3 Å². The highest BCUT2D eigenvalue weighted by atomic mass is 32.2. The van der Waals surface area contributed by atoms with Crippen LogP contribution in [0.1, 0.15) is 24.0 Å². The Morgan fingerprint density at radius 2 is 1.96 bits per heavy atom. The van der Waals surface area contributed by atoms with Crippen molar-refractivity contribution in [1.82, 2.24) is 0 Å². The third-order valence-electron chi connectivity index (χ3n) is 4.51. The Balaban J connectivity index is 1.53. The van der Waals surface area contributed by atoms with Crippen LogP contribution >= 0.6 is 11.8 Å². The summed E-state index contributed by atoms with van der Waals surface area (Å²) < 4.78 is 17.9. The predicted molar refractivity (Wildman–Crippen MR) is 113 cm³/mol. The van der Waals surface area contributed by atoms with E-state index in [4.69, 9.17) is 4.74 Å². The molecule has 6 heteroatoms. The van der Waals surface area contributed by atoms with E-state index in [0.29, 0.717) is 24.7 Å². The molecular weight excluding hydrogens is 378 g/mol. The maximum Gasteiger partial charge on any atom is 0.234 e. The van der Waals surface area contributed by atoms with E-state index in [-0.39, 0.29) is 11.2 Å². The monoisotopic (exact) mass is 403 g/mol. The van der Waals surface area contributed by atoms with Crippen LogP contribution in [0.3, 0.4) is 0 Å². The minimum absolute atomic E-state index is 0.0362. The Morgan fingerprint density at radius 1 is 1.19 bits per heavy atom. The molecule has 0 aromatic heterocycles. The van der Waals surface area contributed by atoms with Crippen molar-refractivity contribution >= 4 is 34.2 Å². The van der Waals surface area contributed by atoms with Crippen LogP contribution in [0.25, 0.3) is 0 Å². The maximum absolute atomic E-state index is 12.6. The number of benzene rings is 2. The van der Waals surface area contributed by atoms with Crippen molar-refractivity contribution in [1.29, 1.82) is 0 Å². The largest absolute Gasteiger partial charge is 0.381 e. The summed E-state index contributed by atoms with van der Waals surface area (Å²) in [6.07, 6.45) is 1.72. The lowest BCUT2D eigenvalue weighted by molar-refractivity contribution is -0.113. The van der Waals surface area contributed by atoms with E-state index < -0.39 is 10.8 Å². The molecule has 0 radical (unpaired) electrons. The first-order chi connectivity index (χ1) is 13.1. The minimum atomic E-state index is -0.906. The molecule has 4 nitrogen and oxygen atoms in total. The summed E-state index contributed by atoms with van der Waals surface area (Å²) >= 11 is 1.54. The molecule has 0 spiro atoms. The van der Waals surface area contributed by atoms with Crippen LogP contribution in [-0.4, -0.2) is 34.3 Å². The molecule has 1 N–H and O–H groups in total. The molecule has 1 aliphatic heterocycles. The lowest BCUT2D eigenvalue weighted by atomic mass is 10.2. The minimum Gasteiger partial charge on any atom is -0.381 e. The highest BCUT2D eigenvalue weighted by Crippen LogP contribution is 2.22. The lowest BCUT2D eigenvalue weighted by Crippen LogP contribution is -2.25. The Bertz CT molecular complexity index is 804. The smallest absolute Gasteiger partial charge is 0.234 e. The Hall–Kier alpha value is -1.63. The first-order valence-electron chi connectivity index (χ1n) is 9.14. The molecule has 1 aliphatic rings. The Labute approximate surface area is 167 Å². The fourth-order valence-electron chi connectivity index (χ4n) is 3.02. The molecule has 1 unspecified atom stereocenters. The molecule has 1 heterocycles. The molecule has 3 rings (SSSR count). The van der Waals surface area contributed by atoms with Gasteiger partial charge in [0.2, 0.25) is 5.91 Å². The van der Waals surface area contributed by atoms with Crippen molar-refractivity contribution in [3.63, 3.8) is 0 Å². The van der Waals surface area contributed by atoms with Gasteiger partial charge in [-0.25, -0.2) is 0 Å². The van der Waals surface area contributed by atoms with Crippen LogP contribution in [0.4, 0.5) is 5.69 Å². The highest BCUT2D eigenvalue weighted by Gasteiger charge is 2.20. The molecule has 0 saturated carbocycles. The molecule has 1 amide bonds. The number of hydrogen-bond donors (Lipinski definition) is 1. The van der Waals surface area contributed by atoms with Crippen LogP contribution in [0, 0.1) is 6.92 Å². The average Bonchev–Trinajstić information content (AvgIpc) is 2.68. The summed E-state index contributed by atoms with van der Waals surface area (Å²) in [5.74, 6) is 0.848. The molecule has 0 aliphatic carbocycles. The summed E-state index contributed by atoms with van der Waals surface area (Å²) in [6, 6.07) is 15.7. The van der Waals surface area contributed by atoms with Crippen LogP contribution < -0.4 is 5.32 Å². The summed E-state index contributed by atoms with van der Waals surface area (Å²) in [6.45, 7) is 3.44. The van der Waals surface area contributed by atoms with Gasteiger partial charge in [-0.05, 0) is 49.1 Å².